The lowest BCUT2D eigenvalue weighted by Crippen LogP contribution is -2.24. The molecule has 0 aliphatic heterocycles. The van der Waals surface area contributed by atoms with E-state index < -0.39 is 10.0 Å². The summed E-state index contributed by atoms with van der Waals surface area (Å²) in [5.74, 6) is 1.01. The molecule has 0 aliphatic carbocycles. The lowest BCUT2D eigenvalue weighted by Gasteiger charge is -2.03. The molecule has 0 radical (unpaired) electrons. The summed E-state index contributed by atoms with van der Waals surface area (Å²) >= 11 is 0. The summed E-state index contributed by atoms with van der Waals surface area (Å²) in [6, 6.07) is 0. The number of nitrogens with one attached hydrogen (secondary N) is 1. The van der Waals surface area contributed by atoms with E-state index >= 15 is 0 Å². The Hall–Kier alpha value is -1.74. The van der Waals surface area contributed by atoms with E-state index in [1.807, 2.05) is 13.8 Å². The second-order valence-electron chi connectivity index (χ2n) is 4.67. The van der Waals surface area contributed by atoms with E-state index in [0.29, 0.717) is 11.6 Å². The average molecular weight is 300 g/mol. The van der Waals surface area contributed by atoms with Gasteiger partial charge in [0.25, 0.3) is 0 Å². The minimum absolute atomic E-state index is 0.0427. The number of sulfonamides is 1. The molecule has 0 spiro atoms. The minimum Gasteiger partial charge on any atom is -0.424 e. The largest absolute Gasteiger partial charge is 0.424 e. The van der Waals surface area contributed by atoms with Gasteiger partial charge in [0, 0.05) is 5.92 Å². The summed E-state index contributed by atoms with van der Waals surface area (Å²) in [5, 5.41) is 11.2. The molecule has 20 heavy (non-hydrogen) atoms. The molecule has 1 N–H and O–H groups in total. The van der Waals surface area contributed by atoms with Gasteiger partial charge in [-0.2, -0.15) is 0 Å². The lowest BCUT2D eigenvalue weighted by molar-refractivity contribution is 0.390. The molecule has 9 heteroatoms. The monoisotopic (exact) mass is 300 g/mol. The summed E-state index contributed by atoms with van der Waals surface area (Å²) in [5.41, 5.74) is 0.309. The van der Waals surface area contributed by atoms with Crippen LogP contribution in [0.15, 0.2) is 13.8 Å². The molecule has 2 aromatic rings. The molecule has 2 heterocycles. The molecule has 0 bridgehead atoms. The van der Waals surface area contributed by atoms with E-state index in [1.54, 1.807) is 6.92 Å². The Labute approximate surface area is 116 Å². The first-order valence-electron chi connectivity index (χ1n) is 6.06. The summed E-state index contributed by atoms with van der Waals surface area (Å²) in [7, 11) is -3.72. The van der Waals surface area contributed by atoms with Crippen LogP contribution in [0.3, 0.4) is 0 Å². The zero-order valence-corrected chi connectivity index (χ0v) is 12.5. The van der Waals surface area contributed by atoms with Crippen molar-refractivity contribution in [2.45, 2.75) is 45.1 Å². The quantitative estimate of drug-likeness (QED) is 0.885. The van der Waals surface area contributed by atoms with Gasteiger partial charge in [0.2, 0.25) is 21.8 Å². The average Bonchev–Trinajstić information content (AvgIpc) is 2.94. The first-order valence-corrected chi connectivity index (χ1v) is 7.54. The molecule has 0 fully saturated rings. The summed E-state index contributed by atoms with van der Waals surface area (Å²) in [4.78, 5) is 0.0427. The van der Waals surface area contributed by atoms with Crippen molar-refractivity contribution in [2.75, 3.05) is 0 Å². The Morgan fingerprint density at radius 1 is 1.25 bits per heavy atom. The van der Waals surface area contributed by atoms with Gasteiger partial charge in [-0.05, 0) is 13.8 Å². The first-order chi connectivity index (χ1) is 9.31. The zero-order chi connectivity index (χ0) is 14.9. The van der Waals surface area contributed by atoms with Crippen LogP contribution in [0.25, 0.3) is 0 Å². The van der Waals surface area contributed by atoms with E-state index in [1.165, 1.54) is 6.92 Å². The van der Waals surface area contributed by atoms with Crippen molar-refractivity contribution in [3.8, 4) is 0 Å². The van der Waals surface area contributed by atoms with E-state index in [4.69, 9.17) is 8.94 Å². The maximum absolute atomic E-state index is 12.1. The fourth-order valence-electron chi connectivity index (χ4n) is 1.66. The van der Waals surface area contributed by atoms with Crippen LogP contribution >= 0.6 is 0 Å². The van der Waals surface area contributed by atoms with E-state index in [-0.39, 0.29) is 29.0 Å². The first kappa shape index (κ1) is 14.7. The third-order valence-electron chi connectivity index (χ3n) is 2.63. The van der Waals surface area contributed by atoms with Crippen LogP contribution in [0.5, 0.6) is 0 Å². The molecular weight excluding hydrogens is 284 g/mol. The van der Waals surface area contributed by atoms with Crippen molar-refractivity contribution in [2.24, 2.45) is 0 Å². The van der Waals surface area contributed by atoms with E-state index in [0.717, 1.165) is 0 Å². The van der Waals surface area contributed by atoms with Crippen molar-refractivity contribution < 1.29 is 17.4 Å². The molecule has 0 aliphatic rings. The second kappa shape index (κ2) is 5.33. The number of aromatic nitrogens is 3. The highest BCUT2D eigenvalue weighted by Gasteiger charge is 2.24. The van der Waals surface area contributed by atoms with Gasteiger partial charge in [0.1, 0.15) is 10.6 Å². The van der Waals surface area contributed by atoms with Gasteiger partial charge >= 0.3 is 0 Å². The van der Waals surface area contributed by atoms with Crippen molar-refractivity contribution >= 4 is 10.0 Å². The van der Waals surface area contributed by atoms with Crippen LogP contribution in [0.1, 0.15) is 43.0 Å². The fraction of sp³-hybridized carbons (Fsp3) is 0.545. The van der Waals surface area contributed by atoms with Gasteiger partial charge < -0.3 is 8.94 Å². The Morgan fingerprint density at radius 2 is 1.95 bits per heavy atom. The smallest absolute Gasteiger partial charge is 0.246 e. The number of hydrogen-bond donors (Lipinski definition) is 1. The molecule has 2 rings (SSSR count). The second-order valence-corrected chi connectivity index (χ2v) is 6.37. The normalized spacial score (nSPS) is 12.2. The molecule has 0 unspecified atom stereocenters. The lowest BCUT2D eigenvalue weighted by atomic mass is 10.2. The maximum atomic E-state index is 12.1. The molecule has 0 saturated heterocycles. The van der Waals surface area contributed by atoms with Crippen molar-refractivity contribution in [1.29, 1.82) is 0 Å². The molecule has 0 aromatic carbocycles. The number of nitrogens with zero attached hydrogens (tertiary/aromatic N) is 3. The fourth-order valence-corrected chi connectivity index (χ4v) is 2.96. The third-order valence-corrected chi connectivity index (χ3v) is 4.27. The molecule has 0 atom stereocenters. The highest BCUT2D eigenvalue weighted by molar-refractivity contribution is 7.89. The van der Waals surface area contributed by atoms with Gasteiger partial charge in [0.05, 0.1) is 6.54 Å². The molecule has 0 amide bonds. The molecule has 110 valence electrons. The predicted octanol–water partition coefficient (Wildman–Crippen LogP) is 1.28. The zero-order valence-electron chi connectivity index (χ0n) is 11.7. The Balaban J connectivity index is 2.13. The highest BCUT2D eigenvalue weighted by atomic mass is 32.2. The SMILES string of the molecule is Cc1noc(C)c1S(=O)(=O)NCc1nnc(C(C)C)o1. The highest BCUT2D eigenvalue weighted by Crippen LogP contribution is 2.19. The number of aryl methyl sites for hydroxylation is 2. The molecule has 0 saturated carbocycles. The van der Waals surface area contributed by atoms with Gasteiger partial charge in [0.15, 0.2) is 5.76 Å². The molecule has 2 aromatic heterocycles. The summed E-state index contributed by atoms with van der Waals surface area (Å²) in [6.45, 7) is 6.84. The third kappa shape index (κ3) is 2.88. The Kier molecular flexibility index (Phi) is 3.91. The van der Waals surface area contributed by atoms with E-state index in [9.17, 15) is 8.42 Å². The van der Waals surface area contributed by atoms with Crippen LogP contribution in [-0.4, -0.2) is 23.8 Å². The topological polar surface area (TPSA) is 111 Å². The summed E-state index contributed by atoms with van der Waals surface area (Å²) in [6.07, 6.45) is 0. The van der Waals surface area contributed by atoms with Crippen LogP contribution in [-0.2, 0) is 16.6 Å². The number of rotatable bonds is 5. The Bertz CT molecular complexity index is 682. The van der Waals surface area contributed by atoms with Crippen molar-refractivity contribution in [3.63, 3.8) is 0 Å². The standard InChI is InChI=1S/C11H16N4O4S/c1-6(2)11-14-13-9(18-11)5-12-20(16,17)10-7(3)15-19-8(10)4/h6,12H,5H2,1-4H3. The minimum atomic E-state index is -3.72. The van der Waals surface area contributed by atoms with E-state index in [2.05, 4.69) is 20.1 Å². The van der Waals surface area contributed by atoms with Crippen LogP contribution in [0.4, 0.5) is 0 Å². The van der Waals surface area contributed by atoms with Crippen molar-refractivity contribution in [1.82, 2.24) is 20.1 Å². The number of hydrogen-bond acceptors (Lipinski definition) is 7. The van der Waals surface area contributed by atoms with Crippen LogP contribution in [0.2, 0.25) is 0 Å². The predicted molar refractivity (Wildman–Crippen MR) is 68.4 cm³/mol. The van der Waals surface area contributed by atoms with Gasteiger partial charge in [-0.25, -0.2) is 13.1 Å². The Morgan fingerprint density at radius 3 is 2.45 bits per heavy atom. The maximum Gasteiger partial charge on any atom is 0.246 e. The van der Waals surface area contributed by atoms with Crippen LogP contribution < -0.4 is 4.72 Å². The summed E-state index contributed by atoms with van der Waals surface area (Å²) < 4.78 is 36.9. The molecular formula is C11H16N4O4S. The van der Waals surface area contributed by atoms with Crippen LogP contribution in [0, 0.1) is 13.8 Å². The van der Waals surface area contributed by atoms with Gasteiger partial charge in [-0.15, -0.1) is 10.2 Å². The van der Waals surface area contributed by atoms with Gasteiger partial charge in [-0.3, -0.25) is 0 Å². The molecule has 8 nitrogen and oxygen atoms in total. The van der Waals surface area contributed by atoms with Gasteiger partial charge in [-0.1, -0.05) is 19.0 Å². The van der Waals surface area contributed by atoms with Crippen molar-refractivity contribution in [3.05, 3.63) is 23.2 Å².